The zero-order valence-corrected chi connectivity index (χ0v) is 22.1. The number of fused-ring (bicyclic) bond motifs is 3. The van der Waals surface area contributed by atoms with E-state index in [1.165, 1.54) is 0 Å². The fourth-order valence-electron chi connectivity index (χ4n) is 5.42. The van der Waals surface area contributed by atoms with E-state index in [4.69, 9.17) is 30.9 Å². The number of carbonyl (C=O) groups excluding carboxylic acids is 1. The predicted molar refractivity (Wildman–Crippen MR) is 140 cm³/mol. The highest BCUT2D eigenvalue weighted by Gasteiger charge is 2.36. The van der Waals surface area contributed by atoms with Gasteiger partial charge in [0.2, 0.25) is 5.91 Å². The van der Waals surface area contributed by atoms with Gasteiger partial charge in [-0.3, -0.25) is 14.6 Å². The van der Waals surface area contributed by atoms with E-state index >= 15 is 0 Å². The van der Waals surface area contributed by atoms with Crippen molar-refractivity contribution in [1.82, 2.24) is 14.5 Å². The number of halogens is 1. The van der Waals surface area contributed by atoms with Crippen molar-refractivity contribution in [2.24, 2.45) is 5.92 Å². The average molecular weight is 540 g/mol. The van der Waals surface area contributed by atoms with Crippen LogP contribution in [0.5, 0.6) is 11.5 Å². The molecule has 9 nitrogen and oxygen atoms in total. The maximum absolute atomic E-state index is 13.5. The van der Waals surface area contributed by atoms with Crippen molar-refractivity contribution >= 4 is 23.5 Å². The lowest BCUT2D eigenvalue weighted by atomic mass is 9.93. The van der Waals surface area contributed by atoms with E-state index in [1.807, 2.05) is 46.0 Å². The van der Waals surface area contributed by atoms with Gasteiger partial charge in [0.15, 0.2) is 11.5 Å². The van der Waals surface area contributed by atoms with Crippen LogP contribution in [0.1, 0.15) is 54.8 Å². The Bertz CT molecular complexity index is 1330. The first kappa shape index (κ1) is 26.1. The number of rotatable bonds is 7. The molecule has 0 spiro atoms. The molecule has 1 saturated heterocycles. The maximum atomic E-state index is 13.5. The molecule has 1 fully saturated rings. The Morgan fingerprint density at radius 3 is 2.63 bits per heavy atom. The van der Waals surface area contributed by atoms with Gasteiger partial charge in [-0.2, -0.15) is 0 Å². The highest BCUT2D eigenvalue weighted by molar-refractivity contribution is 6.30. The number of amides is 1. The van der Waals surface area contributed by atoms with E-state index in [0.29, 0.717) is 48.1 Å². The minimum atomic E-state index is -0.797. The van der Waals surface area contributed by atoms with Crippen molar-refractivity contribution in [1.29, 1.82) is 0 Å². The second-order valence-electron chi connectivity index (χ2n) is 9.57. The molecular weight excluding hydrogens is 510 g/mol. The number of benzene rings is 1. The van der Waals surface area contributed by atoms with E-state index in [2.05, 4.69) is 4.98 Å². The zero-order chi connectivity index (χ0) is 26.8. The number of carbonyl (C=O) groups is 2. The van der Waals surface area contributed by atoms with Gasteiger partial charge in [0.1, 0.15) is 17.9 Å². The molecule has 0 unspecified atom stereocenters. The molecule has 38 heavy (non-hydrogen) atoms. The van der Waals surface area contributed by atoms with Gasteiger partial charge in [0.25, 0.3) is 0 Å². The topological polar surface area (TPSA) is 103 Å². The molecule has 10 heteroatoms. The maximum Gasteiger partial charge on any atom is 0.303 e. The van der Waals surface area contributed by atoms with E-state index < -0.39 is 18.2 Å². The summed E-state index contributed by atoms with van der Waals surface area (Å²) in [5.41, 5.74) is 3.02. The van der Waals surface area contributed by atoms with Crippen molar-refractivity contribution in [3.05, 3.63) is 70.8 Å². The molecule has 2 aliphatic heterocycles. The van der Waals surface area contributed by atoms with Gasteiger partial charge in [-0.15, -0.1) is 0 Å². The Morgan fingerprint density at radius 2 is 1.92 bits per heavy atom. The van der Waals surface area contributed by atoms with Gasteiger partial charge < -0.3 is 28.8 Å². The lowest BCUT2D eigenvalue weighted by Crippen LogP contribution is -2.39. The summed E-state index contributed by atoms with van der Waals surface area (Å²) in [5.74, 6) is 0.228. The highest BCUT2D eigenvalue weighted by Crippen LogP contribution is 2.45. The Kier molecular flexibility index (Phi) is 7.58. The smallest absolute Gasteiger partial charge is 0.303 e. The quantitative estimate of drug-likeness (QED) is 0.459. The van der Waals surface area contributed by atoms with Crippen molar-refractivity contribution < 1.29 is 28.9 Å². The number of piperidine rings is 1. The molecule has 4 heterocycles. The molecule has 2 aliphatic rings. The lowest BCUT2D eigenvalue weighted by Gasteiger charge is -2.32. The summed E-state index contributed by atoms with van der Waals surface area (Å²) in [4.78, 5) is 31.0. The molecule has 0 radical (unpaired) electrons. The molecule has 5 rings (SSSR count). The fraction of sp³-hybridized carbons (Fsp3) is 0.393. The van der Waals surface area contributed by atoms with Gasteiger partial charge in [-0.1, -0.05) is 11.6 Å². The first-order valence-corrected chi connectivity index (χ1v) is 13.0. The summed E-state index contributed by atoms with van der Waals surface area (Å²) in [6.45, 7) is 1.07. The summed E-state index contributed by atoms with van der Waals surface area (Å²) in [6, 6.07) is 11.2. The lowest BCUT2D eigenvalue weighted by molar-refractivity contribution is -0.139. The molecule has 0 bridgehead atoms. The number of likely N-dealkylation sites (tertiary alicyclic amines) is 1. The number of nitrogens with zero attached hydrogens (tertiary/aromatic N) is 3. The van der Waals surface area contributed by atoms with E-state index in [9.17, 15) is 9.59 Å². The molecule has 1 aromatic carbocycles. The largest absolute Gasteiger partial charge is 0.493 e. The number of carboxylic acid groups (broad SMARTS) is 1. The van der Waals surface area contributed by atoms with E-state index in [1.54, 1.807) is 26.5 Å². The minimum absolute atomic E-state index is 0.0372. The fourth-order valence-corrected chi connectivity index (χ4v) is 5.60. The first-order valence-electron chi connectivity index (χ1n) is 12.6. The third kappa shape index (κ3) is 5.08. The Balaban J connectivity index is 1.49. The molecule has 1 N–H and O–H groups in total. The minimum Gasteiger partial charge on any atom is -0.493 e. The van der Waals surface area contributed by atoms with E-state index in [-0.39, 0.29) is 24.7 Å². The predicted octanol–water partition coefficient (Wildman–Crippen LogP) is 4.81. The molecule has 0 saturated carbocycles. The van der Waals surface area contributed by atoms with Crippen molar-refractivity contribution in [2.45, 2.75) is 37.9 Å². The first-order chi connectivity index (χ1) is 18.4. The van der Waals surface area contributed by atoms with Crippen LogP contribution in [0.4, 0.5) is 0 Å². The second kappa shape index (κ2) is 11.0. The number of methoxy groups -OCH3 is 2. The monoisotopic (exact) mass is 539 g/mol. The molecule has 200 valence electrons. The Morgan fingerprint density at radius 1 is 1.13 bits per heavy atom. The van der Waals surface area contributed by atoms with Crippen LogP contribution in [0.3, 0.4) is 0 Å². The third-order valence-electron chi connectivity index (χ3n) is 7.30. The molecule has 0 aliphatic carbocycles. The number of hydrogen-bond acceptors (Lipinski definition) is 6. The van der Waals surface area contributed by atoms with Crippen LogP contribution in [0.2, 0.25) is 5.02 Å². The zero-order valence-electron chi connectivity index (χ0n) is 21.3. The molecule has 3 aromatic rings. The number of aliphatic carboxylic acids is 1. The second-order valence-corrected chi connectivity index (χ2v) is 10.0. The average Bonchev–Trinajstić information content (AvgIpc) is 3.36. The molecule has 2 atom stereocenters. The third-order valence-corrected chi connectivity index (χ3v) is 7.54. The van der Waals surface area contributed by atoms with Crippen molar-refractivity contribution in [3.63, 3.8) is 0 Å². The van der Waals surface area contributed by atoms with Gasteiger partial charge in [-0.05, 0) is 49.1 Å². The summed E-state index contributed by atoms with van der Waals surface area (Å²) in [6.07, 6.45) is 3.93. The number of aromatic nitrogens is 2. The number of pyridine rings is 1. The normalized spacial score (nSPS) is 19.3. The van der Waals surface area contributed by atoms with E-state index in [0.717, 1.165) is 16.9 Å². The molecular formula is C28H30ClN3O6. The highest BCUT2D eigenvalue weighted by atomic mass is 35.5. The van der Waals surface area contributed by atoms with Gasteiger partial charge in [0.05, 0.1) is 32.0 Å². The molecule has 1 amide bonds. The van der Waals surface area contributed by atoms with Crippen LogP contribution >= 0.6 is 11.6 Å². The standard InChI is InChI=1S/C28H30ClN3O6/c1-36-22-7-10-30-26(28(22)37-2)27-19-15-18(29)5-6-20(19)32-11-3-4-21(32)23(38-27)16-24(33)31-12-8-17(9-13-31)14-25(34)35/h3-7,10-11,15,17,23,27H,8-9,12-14,16H2,1-2H3,(H,34,35)/t23-,27-/m1/s1. The van der Waals surface area contributed by atoms with Gasteiger partial charge in [0, 0.05) is 48.6 Å². The SMILES string of the molecule is COc1ccnc([C@@H]2O[C@H](CC(=O)N3CCC(CC(=O)O)CC3)c3cccn3-c3ccc(Cl)cc32)c1OC. The van der Waals surface area contributed by atoms with Crippen molar-refractivity contribution in [3.8, 4) is 17.2 Å². The summed E-state index contributed by atoms with van der Waals surface area (Å²) in [5, 5.41) is 9.66. The summed E-state index contributed by atoms with van der Waals surface area (Å²) >= 11 is 6.44. The number of ether oxygens (including phenoxy) is 3. The van der Waals surface area contributed by atoms with Crippen LogP contribution < -0.4 is 9.47 Å². The van der Waals surface area contributed by atoms with Crippen LogP contribution in [0, 0.1) is 5.92 Å². The van der Waals surface area contributed by atoms with Crippen LogP contribution in [0.25, 0.3) is 5.69 Å². The van der Waals surface area contributed by atoms with Gasteiger partial charge in [-0.25, -0.2) is 0 Å². The van der Waals surface area contributed by atoms with Crippen LogP contribution in [0.15, 0.2) is 48.8 Å². The van der Waals surface area contributed by atoms with Crippen molar-refractivity contribution in [2.75, 3.05) is 27.3 Å². The van der Waals surface area contributed by atoms with Crippen LogP contribution in [-0.2, 0) is 14.3 Å². The molecule has 2 aromatic heterocycles. The Hall–Kier alpha value is -3.56. The number of carboxylic acids is 1. The number of hydrogen-bond donors (Lipinski definition) is 1. The Labute approximate surface area is 225 Å². The van der Waals surface area contributed by atoms with Crippen LogP contribution in [-0.4, -0.2) is 58.7 Å². The van der Waals surface area contributed by atoms with Gasteiger partial charge >= 0.3 is 5.97 Å². The summed E-state index contributed by atoms with van der Waals surface area (Å²) in [7, 11) is 3.12. The summed E-state index contributed by atoms with van der Waals surface area (Å²) < 4.78 is 20.0.